The Morgan fingerprint density at radius 1 is 0.795 bits per heavy atom. The van der Waals surface area contributed by atoms with Crippen LogP contribution >= 0.6 is 11.6 Å². The van der Waals surface area contributed by atoms with E-state index in [-0.39, 0.29) is 13.2 Å². The quantitative estimate of drug-likeness (QED) is 0.0923. The third-order valence-corrected chi connectivity index (χ3v) is 6.69. The number of halogens is 1. The standard InChI is InChI=1S/C32H43ClO6/c1-5-9-11-13-17-24(38-30(34)7-3)22-36-29-21-28(33)32(27-20-16-15-19-26(27)29)37-23-25(39-31(35)8-4)18-14-12-10-6-2/h7-8,15-16,19-21,24-25H,3-6,9-14,17-18,22-23H2,1-2H3. The molecule has 0 aliphatic rings. The molecule has 0 heterocycles. The van der Waals surface area contributed by atoms with Gasteiger partial charge in [0.2, 0.25) is 0 Å². The molecule has 0 aromatic heterocycles. The summed E-state index contributed by atoms with van der Waals surface area (Å²) in [4.78, 5) is 23.8. The number of hydrogen-bond acceptors (Lipinski definition) is 6. The van der Waals surface area contributed by atoms with Crippen molar-refractivity contribution in [2.24, 2.45) is 0 Å². The average Bonchev–Trinajstić information content (AvgIpc) is 2.95. The maximum absolute atomic E-state index is 11.9. The maximum Gasteiger partial charge on any atom is 0.330 e. The zero-order chi connectivity index (χ0) is 28.5. The highest BCUT2D eigenvalue weighted by Gasteiger charge is 2.20. The molecule has 39 heavy (non-hydrogen) atoms. The fraction of sp³-hybridized carbons (Fsp3) is 0.500. The summed E-state index contributed by atoms with van der Waals surface area (Å²) in [5, 5.41) is 1.98. The van der Waals surface area contributed by atoms with Gasteiger partial charge in [-0.25, -0.2) is 9.59 Å². The Bertz CT molecular complexity index is 1070. The first-order valence-corrected chi connectivity index (χ1v) is 14.4. The molecule has 0 radical (unpaired) electrons. The van der Waals surface area contributed by atoms with Crippen molar-refractivity contribution in [3.8, 4) is 11.5 Å². The summed E-state index contributed by atoms with van der Waals surface area (Å²) in [6, 6.07) is 9.37. The van der Waals surface area contributed by atoms with Gasteiger partial charge in [-0.15, -0.1) is 0 Å². The minimum absolute atomic E-state index is 0.174. The van der Waals surface area contributed by atoms with Crippen LogP contribution in [0.5, 0.6) is 11.5 Å². The van der Waals surface area contributed by atoms with E-state index in [4.69, 9.17) is 30.5 Å². The van der Waals surface area contributed by atoms with E-state index in [2.05, 4.69) is 27.0 Å². The fourth-order valence-electron chi connectivity index (χ4n) is 4.28. The second-order valence-corrected chi connectivity index (χ2v) is 9.99. The van der Waals surface area contributed by atoms with Crippen LogP contribution in [0.2, 0.25) is 5.02 Å². The van der Waals surface area contributed by atoms with E-state index >= 15 is 0 Å². The molecule has 2 rings (SSSR count). The largest absolute Gasteiger partial charge is 0.489 e. The molecule has 0 saturated carbocycles. The Kier molecular flexibility index (Phi) is 15.1. The van der Waals surface area contributed by atoms with Crippen LogP contribution in [-0.4, -0.2) is 37.4 Å². The van der Waals surface area contributed by atoms with Crippen molar-refractivity contribution < 1.29 is 28.5 Å². The summed E-state index contributed by atoms with van der Waals surface area (Å²) in [5.41, 5.74) is 0. The van der Waals surface area contributed by atoms with Crippen LogP contribution in [0, 0.1) is 0 Å². The van der Waals surface area contributed by atoms with Crippen molar-refractivity contribution in [1.29, 1.82) is 0 Å². The van der Waals surface area contributed by atoms with Gasteiger partial charge < -0.3 is 18.9 Å². The summed E-state index contributed by atoms with van der Waals surface area (Å²) in [6.07, 6.45) is 11.5. The van der Waals surface area contributed by atoms with Crippen molar-refractivity contribution >= 4 is 34.3 Å². The molecule has 0 bridgehead atoms. The van der Waals surface area contributed by atoms with Gasteiger partial charge in [-0.05, 0) is 25.7 Å². The molecular formula is C32H43ClO6. The number of carbonyl (C=O) groups excluding carboxylic acids is 2. The monoisotopic (exact) mass is 558 g/mol. The van der Waals surface area contributed by atoms with Crippen LogP contribution in [0.1, 0.15) is 78.1 Å². The predicted molar refractivity (Wildman–Crippen MR) is 158 cm³/mol. The van der Waals surface area contributed by atoms with Crippen molar-refractivity contribution in [1.82, 2.24) is 0 Å². The molecule has 0 aliphatic heterocycles. The van der Waals surface area contributed by atoms with Gasteiger partial charge in [0.15, 0.2) is 0 Å². The van der Waals surface area contributed by atoms with Gasteiger partial charge in [0.05, 0.1) is 5.02 Å². The number of benzene rings is 2. The Hall–Kier alpha value is -2.99. The summed E-state index contributed by atoms with van der Waals surface area (Å²) in [5.74, 6) is 0.139. The number of ether oxygens (including phenoxy) is 4. The Balaban J connectivity index is 2.18. The topological polar surface area (TPSA) is 71.1 Å². The number of carbonyl (C=O) groups is 2. The summed E-state index contributed by atoms with van der Waals surface area (Å²) in [6.45, 7) is 11.7. The minimum Gasteiger partial charge on any atom is -0.489 e. The first-order chi connectivity index (χ1) is 18.9. The van der Waals surface area contributed by atoms with Gasteiger partial charge in [0.1, 0.15) is 36.9 Å². The highest BCUT2D eigenvalue weighted by atomic mass is 35.5. The molecule has 0 amide bonds. The van der Waals surface area contributed by atoms with E-state index in [0.717, 1.165) is 68.2 Å². The molecule has 0 spiro atoms. The molecule has 0 N–H and O–H groups in total. The van der Waals surface area contributed by atoms with Gasteiger partial charge in [-0.2, -0.15) is 0 Å². The first kappa shape index (κ1) is 32.2. The molecule has 2 aromatic rings. The lowest BCUT2D eigenvalue weighted by Gasteiger charge is -2.21. The molecule has 0 aliphatic carbocycles. The fourth-order valence-corrected chi connectivity index (χ4v) is 4.54. The Morgan fingerprint density at radius 2 is 1.31 bits per heavy atom. The summed E-state index contributed by atoms with van der Waals surface area (Å²) < 4.78 is 23.4. The number of esters is 2. The third kappa shape index (κ3) is 11.3. The van der Waals surface area contributed by atoms with Gasteiger partial charge in [0.25, 0.3) is 0 Å². The van der Waals surface area contributed by atoms with Crippen LogP contribution < -0.4 is 9.47 Å². The second kappa shape index (κ2) is 18.3. The molecule has 6 nitrogen and oxygen atoms in total. The second-order valence-electron chi connectivity index (χ2n) is 9.58. The number of hydrogen-bond donors (Lipinski definition) is 0. The van der Waals surface area contributed by atoms with Gasteiger partial charge in [-0.1, -0.05) is 101 Å². The highest BCUT2D eigenvalue weighted by Crippen LogP contribution is 2.40. The van der Waals surface area contributed by atoms with Crippen LogP contribution in [0.25, 0.3) is 10.8 Å². The van der Waals surface area contributed by atoms with E-state index in [1.807, 2.05) is 24.3 Å². The number of fused-ring (bicyclic) bond motifs is 1. The van der Waals surface area contributed by atoms with Crippen molar-refractivity contribution in [2.75, 3.05) is 13.2 Å². The van der Waals surface area contributed by atoms with Crippen molar-refractivity contribution in [2.45, 2.75) is 90.3 Å². The highest BCUT2D eigenvalue weighted by molar-refractivity contribution is 6.33. The summed E-state index contributed by atoms with van der Waals surface area (Å²) >= 11 is 6.68. The molecule has 2 unspecified atom stereocenters. The first-order valence-electron chi connectivity index (χ1n) is 14.1. The van der Waals surface area contributed by atoms with Crippen molar-refractivity contribution in [3.63, 3.8) is 0 Å². The zero-order valence-corrected chi connectivity index (χ0v) is 24.2. The van der Waals surface area contributed by atoms with Gasteiger partial charge in [-0.3, -0.25) is 0 Å². The van der Waals surface area contributed by atoms with E-state index in [1.165, 1.54) is 6.08 Å². The smallest absolute Gasteiger partial charge is 0.330 e. The minimum atomic E-state index is -0.472. The lowest BCUT2D eigenvalue weighted by molar-refractivity contribution is -0.145. The average molecular weight is 559 g/mol. The van der Waals surface area contributed by atoms with E-state index < -0.39 is 24.1 Å². The van der Waals surface area contributed by atoms with E-state index in [0.29, 0.717) is 29.4 Å². The molecule has 214 valence electrons. The van der Waals surface area contributed by atoms with Crippen LogP contribution in [0.4, 0.5) is 0 Å². The lowest BCUT2D eigenvalue weighted by atomic mass is 10.1. The maximum atomic E-state index is 11.9. The van der Waals surface area contributed by atoms with Gasteiger partial charge >= 0.3 is 11.9 Å². The SMILES string of the molecule is C=CC(=O)OC(CCCCCC)COc1cc(Cl)c(OCC(CCCCCC)OC(=O)C=C)c2ccccc12. The molecule has 0 fully saturated rings. The zero-order valence-electron chi connectivity index (χ0n) is 23.4. The van der Waals surface area contributed by atoms with E-state index in [9.17, 15) is 9.59 Å². The normalized spacial score (nSPS) is 12.4. The van der Waals surface area contributed by atoms with Crippen LogP contribution in [-0.2, 0) is 19.1 Å². The molecular weight excluding hydrogens is 516 g/mol. The van der Waals surface area contributed by atoms with E-state index in [1.54, 1.807) is 6.07 Å². The number of unbranched alkanes of at least 4 members (excludes halogenated alkanes) is 6. The summed E-state index contributed by atoms with van der Waals surface area (Å²) in [7, 11) is 0. The molecule has 7 heteroatoms. The van der Waals surface area contributed by atoms with Crippen LogP contribution in [0.15, 0.2) is 55.6 Å². The molecule has 0 saturated heterocycles. The third-order valence-electron chi connectivity index (χ3n) is 6.41. The van der Waals surface area contributed by atoms with Crippen LogP contribution in [0.3, 0.4) is 0 Å². The van der Waals surface area contributed by atoms with Gasteiger partial charge in [0, 0.05) is 29.0 Å². The molecule has 2 atom stereocenters. The Labute approximate surface area is 238 Å². The van der Waals surface area contributed by atoms with Crippen molar-refractivity contribution in [3.05, 3.63) is 60.7 Å². The lowest BCUT2D eigenvalue weighted by Crippen LogP contribution is -2.25. The number of rotatable bonds is 20. The Morgan fingerprint density at radius 3 is 1.82 bits per heavy atom. The molecule has 2 aromatic carbocycles. The predicted octanol–water partition coefficient (Wildman–Crippen LogP) is 8.39.